The average molecular weight is 242 g/mol. The fourth-order valence-electron chi connectivity index (χ4n) is 2.87. The first kappa shape index (κ1) is 10.8. The zero-order valence-electron chi connectivity index (χ0n) is 10.6. The van der Waals surface area contributed by atoms with Gasteiger partial charge in [0.15, 0.2) is 0 Å². The van der Waals surface area contributed by atoms with Crippen molar-refractivity contribution in [2.75, 3.05) is 0 Å². The van der Waals surface area contributed by atoms with Crippen LogP contribution in [-0.4, -0.2) is 0 Å². The SMILES string of the molecule is [CH]1C(CC2=Cc3ccccc3[CH]2)=Cc2ccccc21. The second-order valence-electron chi connectivity index (χ2n) is 5.16. The Morgan fingerprint density at radius 2 is 0.947 bits per heavy atom. The number of allylic oxidation sites excluding steroid dienone is 2. The smallest absolute Gasteiger partial charge is 0.0167 e. The van der Waals surface area contributed by atoms with Crippen molar-refractivity contribution >= 4 is 12.2 Å². The van der Waals surface area contributed by atoms with E-state index in [1.807, 2.05) is 0 Å². The minimum absolute atomic E-state index is 1.02. The highest BCUT2D eigenvalue weighted by Gasteiger charge is 2.17. The number of rotatable bonds is 2. The Hall–Kier alpha value is -2.08. The average Bonchev–Trinajstić information content (AvgIpc) is 3.00. The second kappa shape index (κ2) is 4.24. The summed E-state index contributed by atoms with van der Waals surface area (Å²) in [4.78, 5) is 0. The molecule has 0 bridgehead atoms. The van der Waals surface area contributed by atoms with Gasteiger partial charge in [0, 0.05) is 12.8 Å². The van der Waals surface area contributed by atoms with Crippen molar-refractivity contribution < 1.29 is 0 Å². The molecular formula is C19H14. The number of benzene rings is 2. The standard InChI is InChI=1S/C19H14/c1-2-6-17-11-14(10-16(17)5-1)9-15-12-18-7-3-4-8-19(18)13-15/h1-8,10-13H,9H2. The van der Waals surface area contributed by atoms with E-state index in [0.717, 1.165) is 6.42 Å². The van der Waals surface area contributed by atoms with Crippen LogP contribution in [0.2, 0.25) is 0 Å². The maximum absolute atomic E-state index is 2.30. The molecule has 90 valence electrons. The van der Waals surface area contributed by atoms with Crippen LogP contribution in [0, 0.1) is 12.8 Å². The molecule has 19 heavy (non-hydrogen) atoms. The number of fused-ring (bicyclic) bond motifs is 2. The van der Waals surface area contributed by atoms with Gasteiger partial charge in [-0.15, -0.1) is 0 Å². The van der Waals surface area contributed by atoms with E-state index in [1.54, 1.807) is 0 Å². The van der Waals surface area contributed by atoms with Crippen molar-refractivity contribution in [1.82, 2.24) is 0 Å². The van der Waals surface area contributed by atoms with Crippen molar-refractivity contribution in [3.8, 4) is 0 Å². The normalized spacial score (nSPS) is 15.8. The van der Waals surface area contributed by atoms with Crippen LogP contribution >= 0.6 is 0 Å². The molecule has 0 heterocycles. The van der Waals surface area contributed by atoms with Gasteiger partial charge in [0.05, 0.1) is 0 Å². The molecule has 0 amide bonds. The summed E-state index contributed by atoms with van der Waals surface area (Å²) < 4.78 is 0. The van der Waals surface area contributed by atoms with Crippen molar-refractivity contribution in [2.45, 2.75) is 6.42 Å². The number of hydrogen-bond donors (Lipinski definition) is 0. The molecule has 0 unspecified atom stereocenters. The molecule has 0 fully saturated rings. The molecule has 0 nitrogen and oxygen atoms in total. The van der Waals surface area contributed by atoms with Crippen LogP contribution in [0.4, 0.5) is 0 Å². The van der Waals surface area contributed by atoms with Gasteiger partial charge in [-0.05, 0) is 28.7 Å². The second-order valence-corrected chi connectivity index (χ2v) is 5.16. The van der Waals surface area contributed by atoms with Crippen LogP contribution in [0.25, 0.3) is 12.2 Å². The molecule has 2 aromatic carbocycles. The molecule has 0 spiro atoms. The molecule has 0 saturated heterocycles. The van der Waals surface area contributed by atoms with Gasteiger partial charge in [0.1, 0.15) is 0 Å². The largest absolute Gasteiger partial charge is 0.0619 e. The monoisotopic (exact) mass is 242 g/mol. The molecule has 0 aliphatic heterocycles. The molecule has 2 radical (unpaired) electrons. The van der Waals surface area contributed by atoms with Gasteiger partial charge in [-0.25, -0.2) is 0 Å². The van der Waals surface area contributed by atoms with Crippen LogP contribution in [0.3, 0.4) is 0 Å². The molecule has 0 saturated carbocycles. The summed E-state index contributed by atoms with van der Waals surface area (Å²) in [7, 11) is 0. The quantitative estimate of drug-likeness (QED) is 0.717. The van der Waals surface area contributed by atoms with Crippen LogP contribution in [0.15, 0.2) is 59.7 Å². The lowest BCUT2D eigenvalue weighted by molar-refractivity contribution is 1.19. The summed E-state index contributed by atoms with van der Waals surface area (Å²) in [5, 5.41) is 0. The van der Waals surface area contributed by atoms with E-state index in [-0.39, 0.29) is 0 Å². The van der Waals surface area contributed by atoms with Crippen LogP contribution in [0.1, 0.15) is 28.7 Å². The minimum atomic E-state index is 1.02. The third kappa shape index (κ3) is 1.94. The first-order valence-corrected chi connectivity index (χ1v) is 6.67. The van der Waals surface area contributed by atoms with Gasteiger partial charge in [0.25, 0.3) is 0 Å². The molecule has 0 atom stereocenters. The Balaban J connectivity index is 1.54. The van der Waals surface area contributed by atoms with Crippen LogP contribution in [0.5, 0.6) is 0 Å². The predicted octanol–water partition coefficient (Wildman–Crippen LogP) is 4.68. The van der Waals surface area contributed by atoms with Crippen molar-refractivity contribution in [3.05, 3.63) is 94.8 Å². The molecule has 0 heteroatoms. The third-order valence-electron chi connectivity index (χ3n) is 3.76. The summed E-state index contributed by atoms with van der Waals surface area (Å²) in [6.45, 7) is 0. The van der Waals surface area contributed by atoms with Crippen LogP contribution < -0.4 is 0 Å². The summed E-state index contributed by atoms with van der Waals surface area (Å²) in [5.41, 5.74) is 8.16. The van der Waals surface area contributed by atoms with E-state index in [9.17, 15) is 0 Å². The van der Waals surface area contributed by atoms with Gasteiger partial charge in [-0.3, -0.25) is 0 Å². The summed E-state index contributed by atoms with van der Waals surface area (Å²) in [5.74, 6) is 0. The van der Waals surface area contributed by atoms with Gasteiger partial charge < -0.3 is 0 Å². The Labute approximate surface area is 114 Å². The molecule has 0 N–H and O–H groups in total. The lowest BCUT2D eigenvalue weighted by Crippen LogP contribution is -1.86. The lowest BCUT2D eigenvalue weighted by atomic mass is 10.0. The molecule has 2 aliphatic rings. The maximum Gasteiger partial charge on any atom is 0.0167 e. The maximum atomic E-state index is 2.30. The van der Waals surface area contributed by atoms with E-state index in [2.05, 4.69) is 73.5 Å². The summed E-state index contributed by atoms with van der Waals surface area (Å²) in [6, 6.07) is 17.1. The van der Waals surface area contributed by atoms with Crippen molar-refractivity contribution in [3.63, 3.8) is 0 Å². The van der Waals surface area contributed by atoms with Gasteiger partial charge in [-0.2, -0.15) is 0 Å². The fraction of sp³-hybridized carbons (Fsp3) is 0.0526. The minimum Gasteiger partial charge on any atom is -0.0619 e. The Kier molecular flexibility index (Phi) is 2.41. The molecule has 4 rings (SSSR count). The Bertz CT molecular complexity index is 640. The highest BCUT2D eigenvalue weighted by molar-refractivity contribution is 5.74. The first-order valence-electron chi connectivity index (χ1n) is 6.67. The molecular weight excluding hydrogens is 228 g/mol. The first-order chi connectivity index (χ1) is 9.38. The summed E-state index contributed by atoms with van der Waals surface area (Å²) >= 11 is 0. The van der Waals surface area contributed by atoms with E-state index >= 15 is 0 Å². The molecule has 0 aromatic heterocycles. The fourth-order valence-corrected chi connectivity index (χ4v) is 2.87. The molecule has 2 aliphatic carbocycles. The van der Waals surface area contributed by atoms with Gasteiger partial charge in [-0.1, -0.05) is 71.8 Å². The van der Waals surface area contributed by atoms with Crippen molar-refractivity contribution in [2.24, 2.45) is 0 Å². The Morgan fingerprint density at radius 1 is 0.526 bits per heavy atom. The zero-order valence-corrected chi connectivity index (χ0v) is 10.6. The zero-order chi connectivity index (χ0) is 12.7. The van der Waals surface area contributed by atoms with E-state index in [1.165, 1.54) is 33.4 Å². The highest BCUT2D eigenvalue weighted by Crippen LogP contribution is 2.35. The van der Waals surface area contributed by atoms with Gasteiger partial charge >= 0.3 is 0 Å². The lowest BCUT2D eigenvalue weighted by Gasteiger charge is -2.02. The highest BCUT2D eigenvalue weighted by atomic mass is 14.2. The summed E-state index contributed by atoms with van der Waals surface area (Å²) in [6.07, 6.45) is 10.2. The van der Waals surface area contributed by atoms with E-state index in [0.29, 0.717) is 0 Å². The topological polar surface area (TPSA) is 0 Å². The Morgan fingerprint density at radius 3 is 1.37 bits per heavy atom. The van der Waals surface area contributed by atoms with E-state index in [4.69, 9.17) is 0 Å². The van der Waals surface area contributed by atoms with Crippen LogP contribution in [-0.2, 0) is 0 Å². The van der Waals surface area contributed by atoms with Gasteiger partial charge in [0.2, 0.25) is 0 Å². The number of hydrogen-bond acceptors (Lipinski definition) is 0. The molecule has 2 aromatic rings. The predicted molar refractivity (Wildman–Crippen MR) is 80.3 cm³/mol. The third-order valence-corrected chi connectivity index (χ3v) is 3.76. The van der Waals surface area contributed by atoms with Crippen molar-refractivity contribution in [1.29, 1.82) is 0 Å². The van der Waals surface area contributed by atoms with E-state index < -0.39 is 0 Å².